The second-order valence-electron chi connectivity index (χ2n) is 12.9. The summed E-state index contributed by atoms with van der Waals surface area (Å²) < 4.78 is 37.7. The molecule has 3 aromatic carbocycles. The number of para-hydroxylation sites is 2. The van der Waals surface area contributed by atoms with E-state index in [0.717, 1.165) is 4.90 Å². The third-order valence-electron chi connectivity index (χ3n) is 6.34. The van der Waals surface area contributed by atoms with E-state index in [1.165, 1.54) is 55.6 Å². The highest BCUT2D eigenvalue weighted by Gasteiger charge is 2.57. The quantitative estimate of drug-likeness (QED) is 0.0567. The van der Waals surface area contributed by atoms with Crippen molar-refractivity contribution in [3.63, 3.8) is 0 Å². The molecule has 0 radical (unpaired) electrons. The number of carboxylic acid groups (broad SMARTS) is 1. The van der Waals surface area contributed by atoms with Crippen LogP contribution in [0.25, 0.3) is 0 Å². The number of rotatable bonds is 10. The first-order valence-corrected chi connectivity index (χ1v) is 17.1. The highest BCUT2D eigenvalue weighted by molar-refractivity contribution is 7.56. The number of guanidine groups is 1. The monoisotopic (exact) mass is 726 g/mol. The predicted molar refractivity (Wildman–Crippen MR) is 189 cm³/mol. The summed E-state index contributed by atoms with van der Waals surface area (Å²) in [7, 11) is -3.57. The van der Waals surface area contributed by atoms with E-state index in [2.05, 4.69) is 21.3 Å². The van der Waals surface area contributed by atoms with E-state index in [9.17, 15) is 24.3 Å². The third kappa shape index (κ3) is 11.7. The molecule has 0 aliphatic rings. The molecule has 0 heterocycles. The molecule has 3 aromatic rings. The highest BCUT2D eigenvalue weighted by Crippen LogP contribution is 2.58. The van der Waals surface area contributed by atoms with Crippen LogP contribution in [-0.4, -0.2) is 59.0 Å². The fourth-order valence-electron chi connectivity index (χ4n) is 4.34. The number of ether oxygens (including phenoxy) is 2. The van der Waals surface area contributed by atoms with E-state index < -0.39 is 60.9 Å². The van der Waals surface area contributed by atoms with Crippen molar-refractivity contribution in [2.24, 2.45) is 0 Å². The van der Waals surface area contributed by atoms with Crippen molar-refractivity contribution in [3.8, 4) is 11.5 Å². The molecule has 0 aliphatic carbocycles. The largest absolute Gasteiger partial charge is 0.477 e. The summed E-state index contributed by atoms with van der Waals surface area (Å²) in [6.45, 7) is 9.77. The number of hydrogen-bond acceptors (Lipinski definition) is 10. The Morgan fingerprint density at radius 3 is 1.69 bits per heavy atom. The van der Waals surface area contributed by atoms with Crippen LogP contribution < -0.4 is 35.2 Å². The number of urea groups is 1. The van der Waals surface area contributed by atoms with E-state index in [1.54, 1.807) is 77.9 Å². The molecular formula is C34H43N6O10P. The van der Waals surface area contributed by atoms with Gasteiger partial charge in [0.05, 0.1) is 5.69 Å². The molecule has 0 bridgehead atoms. The van der Waals surface area contributed by atoms with Gasteiger partial charge >= 0.3 is 31.9 Å². The lowest BCUT2D eigenvalue weighted by Gasteiger charge is -2.38. The van der Waals surface area contributed by atoms with Gasteiger partial charge in [0, 0.05) is 13.5 Å². The summed E-state index contributed by atoms with van der Waals surface area (Å²) in [5.74, 6) is -0.593. The zero-order valence-corrected chi connectivity index (χ0v) is 30.2. The van der Waals surface area contributed by atoms with Crippen LogP contribution in [0.3, 0.4) is 0 Å². The Bertz CT molecular complexity index is 1700. The van der Waals surface area contributed by atoms with Gasteiger partial charge in [0.15, 0.2) is 0 Å². The molecule has 3 rings (SSSR count). The van der Waals surface area contributed by atoms with Crippen LogP contribution in [0, 0.1) is 5.41 Å². The summed E-state index contributed by atoms with van der Waals surface area (Å²) in [4.78, 5) is 51.9. The van der Waals surface area contributed by atoms with E-state index >= 15 is 4.57 Å². The molecule has 51 heavy (non-hydrogen) atoms. The predicted octanol–water partition coefficient (Wildman–Crippen LogP) is 6.63. The maximum atomic E-state index is 15.1. The van der Waals surface area contributed by atoms with Crippen LogP contribution in [0.1, 0.15) is 47.1 Å². The summed E-state index contributed by atoms with van der Waals surface area (Å²) >= 11 is 0. The standard InChI is InChI=1S/C34H43N6O10P/c1-32(2,3)47-30(44)37-27(35)40(31(45)48-33(4,5)6)24-20-18-23(19-21-24)22-34(39-29(42)43,38-28(41)36-7)51(46,49-25-14-10-8-11-15-25)50-26-16-12-9-13-17-26/h8-21,39H,22H2,1-7H3,(H,42,43)(H2,35,37,44)(H2,36,38,41). The molecule has 5 amide bonds. The zero-order chi connectivity index (χ0) is 38.0. The van der Waals surface area contributed by atoms with Crippen molar-refractivity contribution in [3.05, 3.63) is 90.5 Å². The molecule has 1 atom stereocenters. The first-order valence-electron chi connectivity index (χ1n) is 15.6. The van der Waals surface area contributed by atoms with E-state index in [0.29, 0.717) is 0 Å². The van der Waals surface area contributed by atoms with Gasteiger partial charge in [0.25, 0.3) is 0 Å². The van der Waals surface area contributed by atoms with Crippen molar-refractivity contribution >= 4 is 43.6 Å². The molecule has 0 fully saturated rings. The molecule has 1 unspecified atom stereocenters. The number of amides is 5. The lowest BCUT2D eigenvalue weighted by molar-refractivity contribution is 0.0558. The average molecular weight is 727 g/mol. The Kier molecular flexibility index (Phi) is 12.7. The Morgan fingerprint density at radius 2 is 1.25 bits per heavy atom. The van der Waals surface area contributed by atoms with Crippen LogP contribution in [0.5, 0.6) is 11.5 Å². The Labute approximate surface area is 295 Å². The minimum absolute atomic E-state index is 0.0476. The van der Waals surface area contributed by atoms with Crippen molar-refractivity contribution in [1.82, 2.24) is 21.3 Å². The smallest absolute Gasteiger partial charge is 0.465 e. The molecule has 0 spiro atoms. The summed E-state index contributed by atoms with van der Waals surface area (Å²) in [5.41, 5.74) is -1.56. The topological polar surface area (TPSA) is 218 Å². The van der Waals surface area contributed by atoms with Crippen LogP contribution in [-0.2, 0) is 20.5 Å². The van der Waals surface area contributed by atoms with Gasteiger partial charge in [-0.05, 0) is 83.5 Å². The minimum atomic E-state index is -4.85. The van der Waals surface area contributed by atoms with Gasteiger partial charge in [-0.1, -0.05) is 48.5 Å². The second kappa shape index (κ2) is 16.3. The first-order chi connectivity index (χ1) is 23.7. The minimum Gasteiger partial charge on any atom is -0.465 e. The normalized spacial score (nSPS) is 12.6. The number of anilines is 1. The van der Waals surface area contributed by atoms with Gasteiger partial charge in [-0.25, -0.2) is 28.6 Å². The maximum Gasteiger partial charge on any atom is 0.477 e. The molecule has 6 N–H and O–H groups in total. The van der Waals surface area contributed by atoms with E-state index in [4.69, 9.17) is 23.9 Å². The Hall–Kier alpha value is -5.76. The summed E-state index contributed by atoms with van der Waals surface area (Å²) in [6.07, 6.45) is -4.19. The van der Waals surface area contributed by atoms with Crippen LogP contribution >= 0.6 is 7.60 Å². The summed E-state index contributed by atoms with van der Waals surface area (Å²) in [6, 6.07) is 20.4. The summed E-state index contributed by atoms with van der Waals surface area (Å²) in [5, 5.41) is 25.3. The lowest BCUT2D eigenvalue weighted by atomic mass is 10.1. The van der Waals surface area contributed by atoms with Gasteiger partial charge < -0.3 is 34.3 Å². The molecule has 0 aliphatic heterocycles. The van der Waals surface area contributed by atoms with E-state index in [1.807, 2.05) is 0 Å². The number of nitrogens with one attached hydrogen (secondary N) is 5. The van der Waals surface area contributed by atoms with Crippen LogP contribution in [0.4, 0.5) is 24.9 Å². The molecule has 0 saturated carbocycles. The number of nitrogens with zero attached hydrogens (tertiary/aromatic N) is 1. The second-order valence-corrected chi connectivity index (χ2v) is 15.1. The maximum absolute atomic E-state index is 15.1. The Morgan fingerprint density at radius 1 is 0.765 bits per heavy atom. The van der Waals surface area contributed by atoms with Crippen LogP contribution in [0.2, 0.25) is 0 Å². The van der Waals surface area contributed by atoms with Crippen molar-refractivity contribution < 1.29 is 47.4 Å². The fraction of sp³-hybridized carbons (Fsp3) is 0.324. The number of hydrogen-bond donors (Lipinski definition) is 6. The van der Waals surface area contributed by atoms with Gasteiger partial charge in [-0.15, -0.1) is 0 Å². The van der Waals surface area contributed by atoms with Gasteiger partial charge in [0.2, 0.25) is 11.4 Å². The van der Waals surface area contributed by atoms with Crippen LogP contribution in [0.15, 0.2) is 84.9 Å². The molecule has 274 valence electrons. The zero-order valence-electron chi connectivity index (χ0n) is 29.3. The molecule has 16 nitrogen and oxygen atoms in total. The molecular weight excluding hydrogens is 683 g/mol. The molecule has 17 heteroatoms. The number of benzene rings is 3. The third-order valence-corrected chi connectivity index (χ3v) is 8.56. The molecule has 0 aromatic heterocycles. The number of carbonyl (C=O) groups excluding carboxylic acids is 3. The number of carbonyl (C=O) groups is 4. The fourth-order valence-corrected chi connectivity index (χ4v) is 6.34. The highest BCUT2D eigenvalue weighted by atomic mass is 31.2. The van der Waals surface area contributed by atoms with Crippen molar-refractivity contribution in [2.75, 3.05) is 11.9 Å². The lowest BCUT2D eigenvalue weighted by Crippen LogP contribution is -2.64. The van der Waals surface area contributed by atoms with Gasteiger partial charge in [-0.2, -0.15) is 0 Å². The van der Waals surface area contributed by atoms with Crippen molar-refractivity contribution in [2.45, 2.75) is 64.6 Å². The van der Waals surface area contributed by atoms with Crippen molar-refractivity contribution in [1.29, 1.82) is 5.41 Å². The molecule has 0 saturated heterocycles. The SMILES string of the molecule is CNC(=O)NC(Cc1ccc(N(C(=N)NC(=O)OC(C)(C)C)C(=O)OC(C)(C)C)cc1)(NC(=O)O)P(=O)(Oc1ccccc1)Oc1ccccc1. The van der Waals surface area contributed by atoms with Gasteiger partial charge in [0.1, 0.15) is 22.7 Å². The average Bonchev–Trinajstić information content (AvgIpc) is 3.00. The Balaban J connectivity index is 2.14. The number of alkyl carbamates (subject to hydrolysis) is 1. The van der Waals surface area contributed by atoms with E-state index in [-0.39, 0.29) is 22.7 Å². The van der Waals surface area contributed by atoms with Gasteiger partial charge in [-0.3, -0.25) is 16.0 Å². The first kappa shape index (κ1) is 39.7.